The van der Waals surface area contributed by atoms with E-state index in [4.69, 9.17) is 4.74 Å². The quantitative estimate of drug-likeness (QED) is 0.852. The van der Waals surface area contributed by atoms with Crippen molar-refractivity contribution < 1.29 is 19.0 Å². The Bertz CT molecular complexity index is 880. The number of ether oxygens (including phenoxy) is 1. The normalized spacial score (nSPS) is 25.1. The van der Waals surface area contributed by atoms with E-state index in [1.165, 1.54) is 6.07 Å². The number of benzene rings is 2. The van der Waals surface area contributed by atoms with Gasteiger partial charge in [-0.05, 0) is 48.1 Å². The zero-order valence-electron chi connectivity index (χ0n) is 16.3. The van der Waals surface area contributed by atoms with Crippen LogP contribution in [0.15, 0.2) is 48.5 Å². The molecule has 1 aliphatic carbocycles. The number of carbonyl (C=O) groups excluding carboxylic acids is 1. The molecule has 1 saturated heterocycles. The highest BCUT2D eigenvalue weighted by Gasteiger charge is 2.63. The van der Waals surface area contributed by atoms with Crippen LogP contribution in [0, 0.1) is 22.6 Å². The van der Waals surface area contributed by atoms with E-state index in [0.717, 1.165) is 6.42 Å². The standard InChI is InChI=1S/C23H26FNO3/c1-22(2)13-23(15-26)14-25(11-20(22)23)21(27)16-7-9-18(10-8-16)28-12-17-5-3-4-6-19(17)24/h3-10,20,26H,11-15H2,1-2H3/t20-,23-/m1/s1. The van der Waals surface area contributed by atoms with E-state index >= 15 is 0 Å². The summed E-state index contributed by atoms with van der Waals surface area (Å²) in [5.41, 5.74) is 1.13. The number of hydrogen-bond acceptors (Lipinski definition) is 3. The summed E-state index contributed by atoms with van der Waals surface area (Å²) in [7, 11) is 0. The maximum Gasteiger partial charge on any atom is 0.253 e. The molecule has 0 aromatic heterocycles. The summed E-state index contributed by atoms with van der Waals surface area (Å²) in [6.07, 6.45) is 0.952. The van der Waals surface area contributed by atoms with Gasteiger partial charge in [0.2, 0.25) is 0 Å². The van der Waals surface area contributed by atoms with Crippen LogP contribution in [0.3, 0.4) is 0 Å². The summed E-state index contributed by atoms with van der Waals surface area (Å²) in [5.74, 6) is 0.629. The molecule has 2 fully saturated rings. The van der Waals surface area contributed by atoms with Crippen LogP contribution in [-0.4, -0.2) is 35.6 Å². The summed E-state index contributed by atoms with van der Waals surface area (Å²) in [5, 5.41) is 9.88. The van der Waals surface area contributed by atoms with Gasteiger partial charge in [0.1, 0.15) is 18.2 Å². The number of halogens is 1. The van der Waals surface area contributed by atoms with Gasteiger partial charge in [-0.25, -0.2) is 4.39 Å². The van der Waals surface area contributed by atoms with E-state index in [2.05, 4.69) is 13.8 Å². The van der Waals surface area contributed by atoms with Gasteiger partial charge in [-0.15, -0.1) is 0 Å². The molecule has 148 valence electrons. The number of carbonyl (C=O) groups is 1. The predicted molar refractivity (Wildman–Crippen MR) is 104 cm³/mol. The average molecular weight is 383 g/mol. The maximum atomic E-state index is 13.7. The second-order valence-corrected chi connectivity index (χ2v) is 8.83. The van der Waals surface area contributed by atoms with Gasteiger partial charge >= 0.3 is 0 Å². The summed E-state index contributed by atoms with van der Waals surface area (Å²) in [6, 6.07) is 13.5. The van der Waals surface area contributed by atoms with Gasteiger partial charge in [0, 0.05) is 29.6 Å². The van der Waals surface area contributed by atoms with E-state index in [1.54, 1.807) is 42.5 Å². The van der Waals surface area contributed by atoms with E-state index < -0.39 is 0 Å². The van der Waals surface area contributed by atoms with E-state index in [0.29, 0.717) is 35.9 Å². The lowest BCUT2D eigenvalue weighted by molar-refractivity contribution is -0.0977. The highest BCUT2D eigenvalue weighted by Crippen LogP contribution is 2.62. The third kappa shape index (κ3) is 3.18. The molecule has 2 aliphatic rings. The Kier molecular flexibility index (Phi) is 4.66. The molecule has 4 nitrogen and oxygen atoms in total. The van der Waals surface area contributed by atoms with Crippen molar-refractivity contribution in [2.75, 3.05) is 19.7 Å². The molecular formula is C23H26FNO3. The average Bonchev–Trinajstić information content (AvgIpc) is 3.02. The molecule has 1 N–H and O–H groups in total. The van der Waals surface area contributed by atoms with Crippen LogP contribution in [0.25, 0.3) is 0 Å². The SMILES string of the molecule is CC1(C)C[C@]2(CO)CN(C(=O)c3ccc(OCc4ccccc4F)cc3)C[C@H]12. The molecule has 1 heterocycles. The fraction of sp³-hybridized carbons (Fsp3) is 0.435. The number of hydrogen-bond donors (Lipinski definition) is 1. The number of rotatable bonds is 5. The van der Waals surface area contributed by atoms with Gasteiger partial charge in [0.15, 0.2) is 0 Å². The second kappa shape index (κ2) is 6.89. The fourth-order valence-electron chi connectivity index (χ4n) is 5.15. The van der Waals surface area contributed by atoms with Gasteiger partial charge < -0.3 is 14.7 Å². The molecule has 0 radical (unpaired) electrons. The van der Waals surface area contributed by atoms with Gasteiger partial charge in [-0.2, -0.15) is 0 Å². The maximum absolute atomic E-state index is 13.7. The molecule has 2 aromatic rings. The molecule has 2 atom stereocenters. The smallest absolute Gasteiger partial charge is 0.253 e. The second-order valence-electron chi connectivity index (χ2n) is 8.83. The topological polar surface area (TPSA) is 49.8 Å². The summed E-state index contributed by atoms with van der Waals surface area (Å²) >= 11 is 0. The van der Waals surface area contributed by atoms with Gasteiger partial charge in [-0.1, -0.05) is 32.0 Å². The van der Waals surface area contributed by atoms with Crippen LogP contribution in [0.4, 0.5) is 4.39 Å². The van der Waals surface area contributed by atoms with Gasteiger partial charge in [-0.3, -0.25) is 4.79 Å². The molecule has 0 unspecified atom stereocenters. The van der Waals surface area contributed by atoms with Crippen LogP contribution < -0.4 is 4.74 Å². The number of nitrogens with zero attached hydrogens (tertiary/aromatic N) is 1. The third-order valence-corrected chi connectivity index (χ3v) is 6.45. The zero-order valence-corrected chi connectivity index (χ0v) is 16.3. The number of fused-ring (bicyclic) bond motifs is 1. The van der Waals surface area contributed by atoms with E-state index in [9.17, 15) is 14.3 Å². The lowest BCUT2D eigenvalue weighted by Gasteiger charge is -2.55. The van der Waals surface area contributed by atoms with Crippen molar-refractivity contribution in [1.29, 1.82) is 0 Å². The third-order valence-electron chi connectivity index (χ3n) is 6.45. The molecule has 1 aliphatic heterocycles. The summed E-state index contributed by atoms with van der Waals surface area (Å²) in [6.45, 7) is 6.00. The van der Waals surface area contributed by atoms with Crippen molar-refractivity contribution in [3.63, 3.8) is 0 Å². The molecule has 1 amide bonds. The largest absolute Gasteiger partial charge is 0.489 e. The Morgan fingerprint density at radius 2 is 1.93 bits per heavy atom. The first kappa shape index (κ1) is 18.9. The van der Waals surface area contributed by atoms with Crippen molar-refractivity contribution in [2.24, 2.45) is 16.7 Å². The first-order valence-electron chi connectivity index (χ1n) is 9.71. The molecule has 0 bridgehead atoms. The monoisotopic (exact) mass is 383 g/mol. The predicted octanol–water partition coefficient (Wildman–Crippen LogP) is 3.89. The van der Waals surface area contributed by atoms with Crippen molar-refractivity contribution in [3.8, 4) is 5.75 Å². The highest BCUT2D eigenvalue weighted by atomic mass is 19.1. The van der Waals surface area contributed by atoms with E-state index in [1.807, 2.05) is 4.90 Å². The lowest BCUT2D eigenvalue weighted by Crippen LogP contribution is -2.54. The number of amides is 1. The first-order chi connectivity index (χ1) is 13.3. The molecule has 4 rings (SSSR count). The molecule has 5 heteroatoms. The Labute approximate surface area is 164 Å². The number of aliphatic hydroxyl groups is 1. The van der Waals surface area contributed by atoms with Crippen molar-refractivity contribution in [3.05, 3.63) is 65.5 Å². The molecule has 0 spiro atoms. The zero-order chi connectivity index (χ0) is 19.9. The Morgan fingerprint density at radius 1 is 1.21 bits per heavy atom. The minimum atomic E-state index is -0.293. The Hall–Kier alpha value is -2.40. The molecular weight excluding hydrogens is 357 g/mol. The number of aliphatic hydroxyl groups excluding tert-OH is 1. The fourth-order valence-corrected chi connectivity index (χ4v) is 5.15. The van der Waals surface area contributed by atoms with Crippen LogP contribution >= 0.6 is 0 Å². The Balaban J connectivity index is 1.40. The lowest BCUT2D eigenvalue weighted by atomic mass is 9.48. The minimum Gasteiger partial charge on any atom is -0.489 e. The Morgan fingerprint density at radius 3 is 2.54 bits per heavy atom. The number of likely N-dealkylation sites (tertiary alicyclic amines) is 1. The molecule has 28 heavy (non-hydrogen) atoms. The van der Waals surface area contributed by atoms with Crippen LogP contribution in [0.2, 0.25) is 0 Å². The minimum absolute atomic E-state index is 0.0151. The van der Waals surface area contributed by atoms with Crippen LogP contribution in [0.5, 0.6) is 5.75 Å². The van der Waals surface area contributed by atoms with E-state index in [-0.39, 0.29) is 35.8 Å². The first-order valence-corrected chi connectivity index (χ1v) is 9.71. The van der Waals surface area contributed by atoms with Crippen molar-refractivity contribution in [2.45, 2.75) is 26.9 Å². The van der Waals surface area contributed by atoms with Crippen LogP contribution in [0.1, 0.15) is 36.2 Å². The van der Waals surface area contributed by atoms with Gasteiger partial charge in [0.25, 0.3) is 5.91 Å². The van der Waals surface area contributed by atoms with Crippen molar-refractivity contribution >= 4 is 5.91 Å². The summed E-state index contributed by atoms with van der Waals surface area (Å²) in [4.78, 5) is 14.8. The molecule has 1 saturated carbocycles. The molecule has 2 aromatic carbocycles. The van der Waals surface area contributed by atoms with Gasteiger partial charge in [0.05, 0.1) is 6.61 Å². The van der Waals surface area contributed by atoms with Crippen LogP contribution in [-0.2, 0) is 6.61 Å². The summed E-state index contributed by atoms with van der Waals surface area (Å²) < 4.78 is 19.3. The highest BCUT2D eigenvalue weighted by molar-refractivity contribution is 5.94. The van der Waals surface area contributed by atoms with Crippen molar-refractivity contribution in [1.82, 2.24) is 4.90 Å².